The zero-order valence-electron chi connectivity index (χ0n) is 16.1. The number of rotatable bonds is 2. The second kappa shape index (κ2) is 6.56. The molecule has 1 aromatic carbocycles. The van der Waals surface area contributed by atoms with Crippen LogP contribution < -0.4 is 10.1 Å². The van der Waals surface area contributed by atoms with E-state index in [1.807, 2.05) is 38.1 Å². The van der Waals surface area contributed by atoms with Crippen molar-refractivity contribution in [2.75, 3.05) is 7.11 Å². The van der Waals surface area contributed by atoms with Crippen LogP contribution >= 0.6 is 0 Å². The number of hydrogen-bond acceptors (Lipinski definition) is 5. The number of aromatic nitrogens is 1. The summed E-state index contributed by atoms with van der Waals surface area (Å²) in [6.07, 6.45) is -0.410. The van der Waals surface area contributed by atoms with Crippen LogP contribution in [-0.4, -0.2) is 28.9 Å². The summed E-state index contributed by atoms with van der Waals surface area (Å²) in [5, 5.41) is 13.9. The highest BCUT2D eigenvalue weighted by atomic mass is 16.5. The van der Waals surface area contributed by atoms with Crippen LogP contribution in [0.15, 0.2) is 47.7 Å². The number of ketones is 1. The highest BCUT2D eigenvalue weighted by molar-refractivity contribution is 6.04. The predicted molar refractivity (Wildman–Crippen MR) is 104 cm³/mol. The standard InChI is InChI=1S/C22H22N2O4/c1-22(2)10-15-18(16(25)11-22)20(26)19-13(21(27)24-15)8-9-14(23-19)12-6-4-5-7-17(12)28-3/h4-9,20,26H,10-11H2,1-3H3,(H,24,27). The van der Waals surface area contributed by atoms with Gasteiger partial charge < -0.3 is 15.2 Å². The number of pyridine rings is 1. The van der Waals surface area contributed by atoms with E-state index >= 15 is 0 Å². The number of methoxy groups -OCH3 is 1. The number of Topliss-reactive ketones (excluding diaryl/α,β-unsaturated/α-hetero) is 1. The number of ether oxygens (including phenoxy) is 1. The van der Waals surface area contributed by atoms with E-state index in [0.29, 0.717) is 30.0 Å². The third-order valence-electron chi connectivity index (χ3n) is 5.27. The largest absolute Gasteiger partial charge is 0.496 e. The molecule has 1 atom stereocenters. The molecule has 4 rings (SSSR count). The summed E-state index contributed by atoms with van der Waals surface area (Å²) in [5.74, 6) is 0.123. The van der Waals surface area contributed by atoms with Crippen LogP contribution in [0, 0.1) is 5.41 Å². The highest BCUT2D eigenvalue weighted by Crippen LogP contribution is 2.42. The van der Waals surface area contributed by atoms with Gasteiger partial charge in [0.2, 0.25) is 0 Å². The van der Waals surface area contributed by atoms with E-state index < -0.39 is 6.10 Å². The molecule has 1 unspecified atom stereocenters. The van der Waals surface area contributed by atoms with Crippen LogP contribution in [0.5, 0.6) is 5.75 Å². The third kappa shape index (κ3) is 2.99. The predicted octanol–water partition coefficient (Wildman–Crippen LogP) is 3.18. The molecule has 2 aromatic rings. The van der Waals surface area contributed by atoms with E-state index in [4.69, 9.17) is 4.74 Å². The number of nitrogens with zero attached hydrogens (tertiary/aromatic N) is 1. The maximum absolute atomic E-state index is 12.8. The Morgan fingerprint density at radius 2 is 1.86 bits per heavy atom. The average molecular weight is 378 g/mol. The second-order valence-electron chi connectivity index (χ2n) is 8.02. The van der Waals surface area contributed by atoms with Crippen molar-refractivity contribution in [3.05, 3.63) is 58.9 Å². The van der Waals surface area contributed by atoms with Crippen LogP contribution in [0.4, 0.5) is 0 Å². The molecule has 28 heavy (non-hydrogen) atoms. The summed E-state index contributed by atoms with van der Waals surface area (Å²) in [4.78, 5) is 30.1. The molecule has 0 saturated carbocycles. The van der Waals surface area contributed by atoms with Gasteiger partial charge >= 0.3 is 0 Å². The van der Waals surface area contributed by atoms with Gasteiger partial charge in [-0.05, 0) is 36.1 Å². The molecule has 6 nitrogen and oxygen atoms in total. The molecule has 0 spiro atoms. The molecule has 0 fully saturated rings. The van der Waals surface area contributed by atoms with Crippen LogP contribution in [0.3, 0.4) is 0 Å². The van der Waals surface area contributed by atoms with Crippen LogP contribution in [0.25, 0.3) is 11.3 Å². The van der Waals surface area contributed by atoms with Gasteiger partial charge in [-0.2, -0.15) is 0 Å². The van der Waals surface area contributed by atoms with Crippen LogP contribution in [-0.2, 0) is 4.79 Å². The zero-order chi connectivity index (χ0) is 20.1. The van der Waals surface area contributed by atoms with Crippen molar-refractivity contribution < 1.29 is 19.4 Å². The van der Waals surface area contributed by atoms with Crippen molar-refractivity contribution >= 4 is 11.7 Å². The van der Waals surface area contributed by atoms with Crippen LogP contribution in [0.2, 0.25) is 0 Å². The van der Waals surface area contributed by atoms with Crippen molar-refractivity contribution in [1.82, 2.24) is 10.3 Å². The topological polar surface area (TPSA) is 88.5 Å². The van der Waals surface area contributed by atoms with Gasteiger partial charge in [0.1, 0.15) is 11.9 Å². The lowest BCUT2D eigenvalue weighted by atomic mass is 9.74. The first-order valence-corrected chi connectivity index (χ1v) is 9.21. The second-order valence-corrected chi connectivity index (χ2v) is 8.02. The molecule has 2 aliphatic rings. The summed E-state index contributed by atoms with van der Waals surface area (Å²) in [6.45, 7) is 3.95. The Hall–Kier alpha value is -2.99. The molecule has 1 aliphatic heterocycles. The smallest absolute Gasteiger partial charge is 0.257 e. The molecule has 2 N–H and O–H groups in total. The monoisotopic (exact) mass is 378 g/mol. The lowest BCUT2D eigenvalue weighted by molar-refractivity contribution is -0.119. The number of fused-ring (bicyclic) bond motifs is 1. The van der Waals surface area contributed by atoms with Crippen LogP contribution in [0.1, 0.15) is 48.8 Å². The summed E-state index contributed by atoms with van der Waals surface area (Å²) < 4.78 is 5.40. The van der Waals surface area contributed by atoms with Crippen molar-refractivity contribution in [2.24, 2.45) is 5.41 Å². The van der Waals surface area contributed by atoms with Crippen molar-refractivity contribution in [2.45, 2.75) is 32.8 Å². The first-order valence-electron chi connectivity index (χ1n) is 9.21. The summed E-state index contributed by atoms with van der Waals surface area (Å²) in [5.41, 5.74) is 2.25. The molecule has 6 heteroatoms. The number of aliphatic hydroxyl groups excluding tert-OH is 1. The maximum Gasteiger partial charge on any atom is 0.257 e. The fourth-order valence-corrected chi connectivity index (χ4v) is 3.99. The van der Waals surface area contributed by atoms with Gasteiger partial charge in [-0.15, -0.1) is 0 Å². The molecule has 144 valence electrons. The van der Waals surface area contributed by atoms with Gasteiger partial charge in [0.15, 0.2) is 5.78 Å². The van der Waals surface area contributed by atoms with E-state index in [-0.39, 0.29) is 33.9 Å². The summed E-state index contributed by atoms with van der Waals surface area (Å²) in [6, 6.07) is 10.7. The number of allylic oxidation sites excluding steroid dienone is 1. The van der Waals surface area contributed by atoms with Gasteiger partial charge in [0.25, 0.3) is 5.91 Å². The lowest BCUT2D eigenvalue weighted by Gasteiger charge is -2.32. The number of benzene rings is 1. The normalized spacial score (nSPS) is 20.8. The fraction of sp³-hybridized carbons (Fsp3) is 0.318. The Bertz CT molecular complexity index is 1020. The number of carbonyl (C=O) groups excluding carboxylic acids is 2. The minimum absolute atomic E-state index is 0.156. The van der Waals surface area contributed by atoms with Crippen molar-refractivity contribution in [3.63, 3.8) is 0 Å². The number of amides is 1. The Labute approximate surface area is 163 Å². The van der Waals surface area contributed by atoms with Gasteiger partial charge in [0, 0.05) is 23.3 Å². The third-order valence-corrected chi connectivity index (χ3v) is 5.27. The number of para-hydroxylation sites is 1. The minimum Gasteiger partial charge on any atom is -0.496 e. The fourth-order valence-electron chi connectivity index (χ4n) is 3.99. The van der Waals surface area contributed by atoms with E-state index in [1.165, 1.54) is 0 Å². The zero-order valence-corrected chi connectivity index (χ0v) is 16.1. The molecule has 0 saturated heterocycles. The Kier molecular flexibility index (Phi) is 4.31. The van der Waals surface area contributed by atoms with Crippen molar-refractivity contribution in [1.29, 1.82) is 0 Å². The van der Waals surface area contributed by atoms with Gasteiger partial charge in [-0.3, -0.25) is 9.59 Å². The van der Waals surface area contributed by atoms with Crippen molar-refractivity contribution in [3.8, 4) is 17.0 Å². The quantitative estimate of drug-likeness (QED) is 0.838. The molecular weight excluding hydrogens is 356 g/mol. The number of carbonyl (C=O) groups is 2. The molecule has 1 aromatic heterocycles. The Morgan fingerprint density at radius 1 is 1.11 bits per heavy atom. The minimum atomic E-state index is -1.25. The maximum atomic E-state index is 12.8. The van der Waals surface area contributed by atoms with Gasteiger partial charge in [-0.25, -0.2) is 4.98 Å². The van der Waals surface area contributed by atoms with E-state index in [2.05, 4.69) is 10.3 Å². The van der Waals surface area contributed by atoms with E-state index in [0.717, 1.165) is 5.56 Å². The SMILES string of the molecule is COc1ccccc1-c1ccc2c(n1)C(O)C1=C(CC(C)(C)CC1=O)NC2=O. The summed E-state index contributed by atoms with van der Waals surface area (Å²) in [7, 11) is 1.57. The number of aliphatic hydroxyl groups is 1. The average Bonchev–Trinajstić information content (AvgIpc) is 2.75. The summed E-state index contributed by atoms with van der Waals surface area (Å²) >= 11 is 0. The molecule has 2 heterocycles. The van der Waals surface area contributed by atoms with Gasteiger partial charge in [-0.1, -0.05) is 26.0 Å². The Balaban J connectivity index is 1.86. The Morgan fingerprint density at radius 3 is 2.61 bits per heavy atom. The number of hydrogen-bond donors (Lipinski definition) is 2. The van der Waals surface area contributed by atoms with E-state index in [9.17, 15) is 14.7 Å². The molecule has 0 radical (unpaired) electrons. The first kappa shape index (κ1) is 18.4. The van der Waals surface area contributed by atoms with E-state index in [1.54, 1.807) is 19.2 Å². The molecule has 1 aliphatic carbocycles. The molecule has 0 bridgehead atoms. The highest BCUT2D eigenvalue weighted by Gasteiger charge is 2.40. The van der Waals surface area contributed by atoms with Gasteiger partial charge in [0.05, 0.1) is 24.1 Å². The molecular formula is C22H22N2O4. The lowest BCUT2D eigenvalue weighted by Crippen LogP contribution is -2.33. The number of nitrogens with one attached hydrogen (secondary N) is 1. The first-order chi connectivity index (χ1) is 13.3. The molecule has 1 amide bonds.